The van der Waals surface area contributed by atoms with Gasteiger partial charge in [-0.2, -0.15) is 0 Å². The summed E-state index contributed by atoms with van der Waals surface area (Å²) in [6.45, 7) is 5.40. The summed E-state index contributed by atoms with van der Waals surface area (Å²) in [7, 11) is 0. The zero-order valence-electron chi connectivity index (χ0n) is 9.12. The fraction of sp³-hybridized carbons (Fsp3) is 0.909. The molecule has 1 atom stereocenters. The Kier molecular flexibility index (Phi) is 3.50. The van der Waals surface area contributed by atoms with E-state index < -0.39 is 0 Å². The molecule has 0 bridgehead atoms. The van der Waals surface area contributed by atoms with Crippen LogP contribution in [0.15, 0.2) is 4.99 Å². The fourth-order valence-corrected chi connectivity index (χ4v) is 3.45. The van der Waals surface area contributed by atoms with Gasteiger partial charge in [0, 0.05) is 5.92 Å². The minimum atomic E-state index is 0.586. The molecule has 1 N–H and O–H groups in total. The molecule has 2 nitrogen and oxygen atoms in total. The number of nitrogens with zero attached hydrogens (tertiary/aromatic N) is 1. The lowest BCUT2D eigenvalue weighted by molar-refractivity contribution is 0.517. The molecule has 14 heavy (non-hydrogen) atoms. The Morgan fingerprint density at radius 3 is 2.71 bits per heavy atom. The van der Waals surface area contributed by atoms with Gasteiger partial charge in [0.05, 0.1) is 17.1 Å². The first-order chi connectivity index (χ1) is 6.77. The minimum absolute atomic E-state index is 0.586. The smallest absolute Gasteiger partial charge is 0.0902 e. The van der Waals surface area contributed by atoms with Gasteiger partial charge in [0.2, 0.25) is 0 Å². The molecule has 0 radical (unpaired) electrons. The van der Waals surface area contributed by atoms with Crippen molar-refractivity contribution in [3.05, 3.63) is 0 Å². The highest BCUT2D eigenvalue weighted by Crippen LogP contribution is 2.34. The van der Waals surface area contributed by atoms with Crippen LogP contribution in [-0.2, 0) is 0 Å². The number of aliphatic imine (C=N–C) groups is 1. The first-order valence-corrected chi connectivity index (χ1v) is 6.59. The third-order valence-corrected chi connectivity index (χ3v) is 4.75. The molecule has 2 aliphatic rings. The molecule has 0 saturated heterocycles. The maximum Gasteiger partial charge on any atom is 0.0902 e. The first kappa shape index (κ1) is 10.5. The van der Waals surface area contributed by atoms with Crippen molar-refractivity contribution in [3.63, 3.8) is 0 Å². The molecule has 0 aromatic rings. The highest BCUT2D eigenvalue weighted by molar-refractivity contribution is 8.14. The van der Waals surface area contributed by atoms with Gasteiger partial charge in [-0.05, 0) is 18.8 Å². The van der Waals surface area contributed by atoms with E-state index in [4.69, 9.17) is 0 Å². The molecule has 0 amide bonds. The highest BCUT2D eigenvalue weighted by Gasteiger charge is 2.27. The van der Waals surface area contributed by atoms with Crippen molar-refractivity contribution in [1.29, 1.82) is 0 Å². The Morgan fingerprint density at radius 1 is 1.36 bits per heavy atom. The van der Waals surface area contributed by atoms with Crippen LogP contribution in [-0.4, -0.2) is 17.1 Å². The van der Waals surface area contributed by atoms with Gasteiger partial charge < -0.3 is 0 Å². The molecule has 1 saturated carbocycles. The lowest BCUT2D eigenvalue weighted by Gasteiger charge is -2.28. The third kappa shape index (κ3) is 2.31. The predicted octanol–water partition coefficient (Wildman–Crippen LogP) is 2.85. The molecule has 1 fully saturated rings. The van der Waals surface area contributed by atoms with Crippen LogP contribution in [0.4, 0.5) is 0 Å². The summed E-state index contributed by atoms with van der Waals surface area (Å²) >= 11 is 1.98. The Balaban J connectivity index is 1.95. The zero-order valence-corrected chi connectivity index (χ0v) is 9.94. The van der Waals surface area contributed by atoms with Gasteiger partial charge in [-0.1, -0.05) is 38.5 Å². The summed E-state index contributed by atoms with van der Waals surface area (Å²) in [5.74, 6) is 1.50. The van der Waals surface area contributed by atoms with E-state index >= 15 is 0 Å². The first-order valence-electron chi connectivity index (χ1n) is 5.72. The van der Waals surface area contributed by atoms with Crippen molar-refractivity contribution in [2.24, 2.45) is 16.8 Å². The molecular formula is C11H20N2S. The maximum absolute atomic E-state index is 4.61. The molecule has 1 heterocycles. The van der Waals surface area contributed by atoms with Crippen LogP contribution in [0.25, 0.3) is 0 Å². The van der Waals surface area contributed by atoms with Crippen LogP contribution >= 0.6 is 11.8 Å². The van der Waals surface area contributed by atoms with Crippen molar-refractivity contribution < 1.29 is 0 Å². The average molecular weight is 212 g/mol. The molecule has 1 aliphatic heterocycles. The Bertz CT molecular complexity index is 219. The van der Waals surface area contributed by atoms with Crippen LogP contribution in [0.1, 0.15) is 39.5 Å². The molecular weight excluding hydrogens is 192 g/mol. The van der Waals surface area contributed by atoms with Crippen LogP contribution in [0, 0.1) is 11.8 Å². The summed E-state index contributed by atoms with van der Waals surface area (Å²) in [4.78, 5) is 4.61. The number of thioether (sulfide) groups is 1. The Hall–Kier alpha value is -0.0200. The third-order valence-electron chi connectivity index (χ3n) is 3.08. The van der Waals surface area contributed by atoms with Crippen molar-refractivity contribution in [2.75, 3.05) is 6.67 Å². The zero-order chi connectivity index (χ0) is 9.97. The molecule has 3 heteroatoms. The summed E-state index contributed by atoms with van der Waals surface area (Å²) in [6, 6.07) is 0. The summed E-state index contributed by atoms with van der Waals surface area (Å²) < 4.78 is 0. The monoisotopic (exact) mass is 212 g/mol. The summed E-state index contributed by atoms with van der Waals surface area (Å²) in [5.41, 5.74) is 0. The van der Waals surface area contributed by atoms with E-state index in [0.29, 0.717) is 11.3 Å². The van der Waals surface area contributed by atoms with Crippen molar-refractivity contribution >= 4 is 16.8 Å². The topological polar surface area (TPSA) is 24.4 Å². The van der Waals surface area contributed by atoms with Gasteiger partial charge in [0.25, 0.3) is 0 Å². The molecule has 1 aliphatic carbocycles. The number of rotatable bonds is 2. The summed E-state index contributed by atoms with van der Waals surface area (Å²) in [5, 5.41) is 5.46. The van der Waals surface area contributed by atoms with Gasteiger partial charge in [0.15, 0.2) is 0 Å². The molecule has 0 spiro atoms. The average Bonchev–Trinajstić information content (AvgIpc) is 2.71. The highest BCUT2D eigenvalue weighted by atomic mass is 32.2. The van der Waals surface area contributed by atoms with E-state index in [-0.39, 0.29) is 0 Å². The molecule has 0 aromatic heterocycles. The van der Waals surface area contributed by atoms with Crippen LogP contribution in [0.2, 0.25) is 0 Å². The Labute approximate surface area is 90.9 Å². The van der Waals surface area contributed by atoms with E-state index in [0.717, 1.165) is 12.6 Å². The number of hydrogen-bond acceptors (Lipinski definition) is 3. The van der Waals surface area contributed by atoms with Gasteiger partial charge in [-0.3, -0.25) is 10.3 Å². The number of hydrogen-bond donors (Lipinski definition) is 1. The van der Waals surface area contributed by atoms with Gasteiger partial charge >= 0.3 is 0 Å². The second-order valence-corrected chi connectivity index (χ2v) is 5.78. The SMILES string of the molecule is CC(C)C1NCN=C(C2CCCC2)S1. The van der Waals surface area contributed by atoms with Gasteiger partial charge in [-0.15, -0.1) is 0 Å². The fourth-order valence-electron chi connectivity index (χ4n) is 2.19. The standard InChI is InChI=1S/C11H20N2S/c1-8(2)10-12-7-13-11(14-10)9-5-3-4-6-9/h8-10,12H,3-7H2,1-2H3. The van der Waals surface area contributed by atoms with Crippen LogP contribution in [0.3, 0.4) is 0 Å². The van der Waals surface area contributed by atoms with Crippen molar-refractivity contribution in [2.45, 2.75) is 44.9 Å². The van der Waals surface area contributed by atoms with Crippen molar-refractivity contribution in [3.8, 4) is 0 Å². The van der Waals surface area contributed by atoms with E-state index in [1.807, 2.05) is 11.8 Å². The normalized spacial score (nSPS) is 29.6. The van der Waals surface area contributed by atoms with Gasteiger partial charge in [0.1, 0.15) is 0 Å². The maximum atomic E-state index is 4.61. The lowest BCUT2D eigenvalue weighted by Crippen LogP contribution is -2.37. The quantitative estimate of drug-likeness (QED) is 0.761. The Morgan fingerprint density at radius 2 is 2.07 bits per heavy atom. The van der Waals surface area contributed by atoms with E-state index in [9.17, 15) is 0 Å². The van der Waals surface area contributed by atoms with Crippen LogP contribution in [0.5, 0.6) is 0 Å². The largest absolute Gasteiger partial charge is 0.286 e. The molecule has 2 rings (SSSR count). The van der Waals surface area contributed by atoms with Crippen molar-refractivity contribution in [1.82, 2.24) is 5.32 Å². The second-order valence-electron chi connectivity index (χ2n) is 4.62. The lowest BCUT2D eigenvalue weighted by atomic mass is 10.1. The number of nitrogens with one attached hydrogen (secondary N) is 1. The molecule has 80 valence electrons. The predicted molar refractivity (Wildman–Crippen MR) is 63.6 cm³/mol. The van der Waals surface area contributed by atoms with E-state index in [2.05, 4.69) is 24.2 Å². The summed E-state index contributed by atoms with van der Waals surface area (Å²) in [6.07, 6.45) is 5.56. The van der Waals surface area contributed by atoms with E-state index in [1.165, 1.54) is 30.7 Å². The molecule has 1 unspecified atom stereocenters. The van der Waals surface area contributed by atoms with E-state index in [1.54, 1.807) is 0 Å². The minimum Gasteiger partial charge on any atom is -0.286 e. The second kappa shape index (κ2) is 4.67. The van der Waals surface area contributed by atoms with Crippen LogP contribution < -0.4 is 5.32 Å². The van der Waals surface area contributed by atoms with Gasteiger partial charge in [-0.25, -0.2) is 0 Å². The molecule has 0 aromatic carbocycles.